The molecule has 140 heavy (non-hydrogen) atoms. The summed E-state index contributed by atoms with van der Waals surface area (Å²) in [5, 5.41) is 0. The van der Waals surface area contributed by atoms with Crippen LogP contribution in [0, 0.1) is 0 Å². The predicted octanol–water partition coefficient (Wildman–Crippen LogP) is 27.6. The van der Waals surface area contributed by atoms with Crippen LogP contribution in [-0.2, 0) is 103 Å². The summed E-state index contributed by atoms with van der Waals surface area (Å²) in [5.41, 5.74) is 77.2. The van der Waals surface area contributed by atoms with Crippen molar-refractivity contribution in [3.63, 3.8) is 0 Å². The lowest BCUT2D eigenvalue weighted by Gasteiger charge is -2.39. The average Bonchev–Trinajstić information content (AvgIpc) is 1.48. The molecule has 0 fully saturated rings. The molecular weight excluding hydrogens is 1710 g/mol. The zero-order valence-corrected chi connectivity index (χ0v) is 76.7. The van der Waals surface area contributed by atoms with E-state index < -0.39 is 0 Å². The van der Waals surface area contributed by atoms with Crippen molar-refractivity contribution in [3.8, 4) is 89.0 Å². The summed E-state index contributed by atoms with van der Waals surface area (Å²) in [6, 6.07) is 94.9. The van der Waals surface area contributed by atoms with Crippen molar-refractivity contribution in [1.29, 1.82) is 0 Å². The van der Waals surface area contributed by atoms with Gasteiger partial charge in [0.2, 0.25) is 0 Å². The van der Waals surface area contributed by atoms with Crippen molar-refractivity contribution in [1.82, 2.24) is 39.9 Å². The largest absolute Gasteiger partial charge is 0.294 e. The third kappa shape index (κ3) is 10.5. The summed E-state index contributed by atoms with van der Waals surface area (Å²) in [6.07, 6.45) is 35.0. The van der Waals surface area contributed by atoms with Gasteiger partial charge in [-0.05, 0) is 367 Å². The van der Waals surface area contributed by atoms with Crippen LogP contribution in [0.1, 0.15) is 178 Å². The highest BCUT2D eigenvalue weighted by molar-refractivity contribution is 6.07. The maximum Gasteiger partial charge on any atom is 0.142 e. The van der Waals surface area contributed by atoms with Crippen LogP contribution in [-0.4, -0.2) is 39.9 Å². The molecule has 656 valence electrons. The highest BCUT2D eigenvalue weighted by Gasteiger charge is 2.46. The fourth-order valence-electron chi connectivity index (χ4n) is 28.2. The first-order chi connectivity index (χ1) is 69.4. The van der Waals surface area contributed by atoms with Crippen molar-refractivity contribution in [2.45, 2.75) is 103 Å². The number of anilines is 12. The lowest BCUT2D eigenvalue weighted by molar-refractivity contribution is 0.949. The van der Waals surface area contributed by atoms with Crippen molar-refractivity contribution >= 4 is 68.9 Å². The molecule has 0 atom stereocenters. The minimum Gasteiger partial charge on any atom is -0.294 e. The van der Waals surface area contributed by atoms with E-state index in [1.165, 1.54) is 301 Å². The summed E-state index contributed by atoms with van der Waals surface area (Å²) < 4.78 is 0. The second-order valence-electron chi connectivity index (χ2n) is 40.8. The molecule has 12 aromatic carbocycles. The molecular formula is C128H84N12. The second kappa shape index (κ2) is 28.4. The van der Waals surface area contributed by atoms with E-state index in [9.17, 15) is 0 Å². The van der Waals surface area contributed by atoms with Gasteiger partial charge in [-0.3, -0.25) is 34.6 Å². The summed E-state index contributed by atoms with van der Waals surface area (Å²) in [7, 11) is 0. The summed E-state index contributed by atoms with van der Waals surface area (Å²) >= 11 is 0. The molecule has 0 spiro atoms. The van der Waals surface area contributed by atoms with E-state index in [1.54, 1.807) is 0 Å². The van der Waals surface area contributed by atoms with Crippen LogP contribution in [0.25, 0.3) is 89.0 Å². The number of pyridine rings is 8. The molecule has 36 rings (SSSR count). The van der Waals surface area contributed by atoms with Crippen LogP contribution in [0.5, 0.6) is 0 Å². The Morgan fingerprint density at radius 1 is 0.157 bits per heavy atom. The summed E-state index contributed by atoms with van der Waals surface area (Å²) in [6.45, 7) is 0. The van der Waals surface area contributed by atoms with Gasteiger partial charge in [-0.2, -0.15) is 0 Å². The smallest absolute Gasteiger partial charge is 0.142 e. The molecule has 0 radical (unpaired) electrons. The lowest BCUT2D eigenvalue weighted by Crippen LogP contribution is -2.27. The fourth-order valence-corrected chi connectivity index (χ4v) is 28.2. The Bertz CT molecular complexity index is 8060. The average molecular weight is 1790 g/mol. The second-order valence-corrected chi connectivity index (χ2v) is 40.8. The highest BCUT2D eigenvalue weighted by atomic mass is 15.3. The van der Waals surface area contributed by atoms with E-state index in [0.717, 1.165) is 138 Å². The Labute approximate surface area is 809 Å². The number of rotatable bonds is 0. The quantitative estimate of drug-likeness (QED) is 0.144. The van der Waals surface area contributed by atoms with E-state index in [1.807, 2.05) is 61.8 Å². The number of nitrogens with zero attached hydrogens (tertiary/aromatic N) is 12. The van der Waals surface area contributed by atoms with E-state index in [2.05, 4.69) is 284 Å². The molecule has 8 aliphatic carbocycles. The minimum atomic E-state index is 0.866. The molecule has 0 bridgehead atoms. The Hall–Kier alpha value is -17.0. The van der Waals surface area contributed by atoms with Gasteiger partial charge in [0, 0.05) is 107 Å². The first kappa shape index (κ1) is 76.2. The van der Waals surface area contributed by atoms with Crippen LogP contribution < -0.4 is 19.6 Å². The van der Waals surface area contributed by atoms with Gasteiger partial charge in [0.1, 0.15) is 29.1 Å². The molecule has 0 saturated carbocycles. The van der Waals surface area contributed by atoms with Gasteiger partial charge in [0.15, 0.2) is 0 Å². The van der Waals surface area contributed by atoms with Crippen molar-refractivity contribution in [2.75, 3.05) is 19.6 Å². The standard InChI is InChI=1S/4C32H21N3/c1-2-8-25-18(5-1)13-19-9-10-20-14-23-16-24-15-21-6-3-11-33-31(21)35-30(24)26(28(23)29(20)27(19)25)17-22-7-4-12-34-32(22)35;1-2-7-24-18(5-1)13-19-9-10-20-14-22-16-23-15-21-6-3-12-34-32(21)35-27-8-4-11-33-26(27)17-25(31(23)35)29(22)30(20)28(19)24;1-2-6-25-18(4-1)12-20-7-8-21-13-23-15-24-14-22-5-3-10-34-32(22)35-27-17-33-11-9-19(27)16-26(31(24)35)29(23)30(21)28(20)25;1-2-6-25-18(4-1)12-19-7-8-20-13-22-15-23-14-21-5-3-10-34-32(21)35-27-9-11-33-17-24(27)16-26(31(23)35)29(22)30(20)28(19)25/h2*1-12,16H,13-15,17H2;2*1-11,15,17H,12-14,16H2. The highest BCUT2D eigenvalue weighted by Crippen LogP contribution is 2.65. The third-order valence-electron chi connectivity index (χ3n) is 33.6. The van der Waals surface area contributed by atoms with E-state index in [4.69, 9.17) is 29.9 Å². The molecule has 0 N–H and O–H groups in total. The Kier molecular flexibility index (Phi) is 15.4. The molecule has 0 amide bonds. The van der Waals surface area contributed by atoms with Crippen LogP contribution in [0.4, 0.5) is 68.9 Å². The molecule has 16 aliphatic rings. The summed E-state index contributed by atoms with van der Waals surface area (Å²) in [5.74, 6) is 5.23. The monoisotopic (exact) mass is 1790 g/mol. The van der Waals surface area contributed by atoms with Gasteiger partial charge in [-0.25, -0.2) is 24.9 Å². The molecule has 16 heterocycles. The third-order valence-corrected chi connectivity index (χ3v) is 33.6. The normalized spacial score (nSPS) is 14.9. The molecule has 12 nitrogen and oxygen atoms in total. The zero-order valence-electron chi connectivity index (χ0n) is 76.7. The lowest BCUT2D eigenvalue weighted by atomic mass is 9.82. The fraction of sp³-hybridized carbons (Fsp3) is 0.125. The van der Waals surface area contributed by atoms with E-state index >= 15 is 0 Å². The molecule has 12 heteroatoms. The molecule has 8 aromatic heterocycles. The van der Waals surface area contributed by atoms with Gasteiger partial charge >= 0.3 is 0 Å². The van der Waals surface area contributed by atoms with Crippen molar-refractivity contribution in [2.24, 2.45) is 0 Å². The van der Waals surface area contributed by atoms with Crippen molar-refractivity contribution < 1.29 is 0 Å². The Balaban J connectivity index is 0.0000000829. The van der Waals surface area contributed by atoms with Crippen LogP contribution in [0.15, 0.2) is 317 Å². The van der Waals surface area contributed by atoms with E-state index in [0.29, 0.717) is 0 Å². The number of hydrogen-bond acceptors (Lipinski definition) is 12. The van der Waals surface area contributed by atoms with E-state index in [-0.39, 0.29) is 0 Å². The molecule has 0 saturated heterocycles. The number of aromatic nitrogens is 8. The maximum absolute atomic E-state index is 4.88. The zero-order chi connectivity index (χ0) is 90.7. The number of hydrogen-bond donors (Lipinski definition) is 0. The van der Waals surface area contributed by atoms with Crippen LogP contribution >= 0.6 is 0 Å². The molecule has 20 aromatic rings. The maximum atomic E-state index is 4.88. The van der Waals surface area contributed by atoms with Gasteiger partial charge in [0.05, 0.1) is 51.7 Å². The van der Waals surface area contributed by atoms with Gasteiger partial charge in [0.25, 0.3) is 0 Å². The van der Waals surface area contributed by atoms with Crippen molar-refractivity contribution in [3.05, 3.63) is 495 Å². The van der Waals surface area contributed by atoms with Gasteiger partial charge in [-0.15, -0.1) is 0 Å². The molecule has 8 aliphatic heterocycles. The summed E-state index contributed by atoms with van der Waals surface area (Å²) in [4.78, 5) is 47.8. The molecule has 0 unspecified atom stereocenters. The Morgan fingerprint density at radius 3 is 0.836 bits per heavy atom. The van der Waals surface area contributed by atoms with Gasteiger partial charge < -0.3 is 0 Å². The van der Waals surface area contributed by atoms with Crippen LogP contribution in [0.3, 0.4) is 0 Å². The van der Waals surface area contributed by atoms with Gasteiger partial charge in [-0.1, -0.05) is 200 Å². The SMILES string of the molecule is c1ccc2c(c1)Cc1ccc3c(c1-2)-c1c(cc2c4c1Cc1cccnc1N4c1ncccc1C2)C3.c1ccc2c(c1)Cc1ccc3c(c1-2)-c1c(cc2c4c1Cc1ccncc1N4c1ncccc1C2)C3.c1ccc2c(c1)Cc1ccc3c(c1-2)-c1c(cc2c4c1Cc1cnccc1N4c1ncccc1C2)C3.c1ccc2c(c1)Cc1ccc3c(c1-2)-c1c(cc2c4c1Cc1ncccc1N4c1ncccc1C2)C3. The topological polar surface area (TPSA) is 116 Å². The number of fused-ring (bicyclic) bond motifs is 48. The minimum absolute atomic E-state index is 0.866. The number of benzene rings is 12. The first-order valence-electron chi connectivity index (χ1n) is 49.7. The Morgan fingerprint density at radius 2 is 0.436 bits per heavy atom. The first-order valence-corrected chi connectivity index (χ1v) is 49.7. The van der Waals surface area contributed by atoms with Crippen LogP contribution in [0.2, 0.25) is 0 Å². The predicted molar refractivity (Wildman–Crippen MR) is 555 cm³/mol.